The van der Waals surface area contributed by atoms with Crippen LogP contribution < -0.4 is 0 Å². The Bertz CT molecular complexity index is 43.0. The van der Waals surface area contributed by atoms with Crippen LogP contribution in [0.2, 0.25) is 0 Å². The van der Waals surface area contributed by atoms with E-state index in [1.165, 1.54) is 77.0 Å². The van der Waals surface area contributed by atoms with Gasteiger partial charge in [-0.3, -0.25) is 0 Å². The maximum absolute atomic E-state index is 1.50. The summed E-state index contributed by atoms with van der Waals surface area (Å²) in [7, 11) is 0. The molecule has 1 rings (SSSR count). The SMILES string of the molecule is C1CCCCCCCCCCC1.[CH]. The molecule has 0 aromatic rings. The van der Waals surface area contributed by atoms with Crippen molar-refractivity contribution in [3.8, 4) is 0 Å². The Kier molecular flexibility index (Phi) is 10.1. The van der Waals surface area contributed by atoms with Gasteiger partial charge in [-0.05, 0) is 7.43 Å². The van der Waals surface area contributed by atoms with Crippen molar-refractivity contribution in [1.82, 2.24) is 0 Å². The lowest BCUT2D eigenvalue weighted by Crippen LogP contribution is -1.85. The average Bonchev–Trinajstić information content (AvgIpc) is 2.05. The summed E-state index contributed by atoms with van der Waals surface area (Å²) >= 11 is 0. The first-order valence-corrected chi connectivity index (χ1v) is 6.00. The Morgan fingerprint density at radius 3 is 0.385 bits per heavy atom. The lowest BCUT2D eigenvalue weighted by Gasteiger charge is -2.05. The standard InChI is InChI=1S/C12H24.CH/c1-2-4-6-8-10-12-11-9-7-5-3-1;/h1-12H2;1H. The van der Waals surface area contributed by atoms with E-state index in [2.05, 4.69) is 0 Å². The minimum Gasteiger partial charge on any atom is -0.0533 e. The van der Waals surface area contributed by atoms with Gasteiger partial charge in [-0.2, -0.15) is 0 Å². The maximum Gasteiger partial charge on any atom is -0.0312 e. The molecule has 1 aliphatic rings. The molecule has 1 aliphatic carbocycles. The van der Waals surface area contributed by atoms with E-state index >= 15 is 0 Å². The molecule has 0 heterocycles. The molecular formula is C13H25. The van der Waals surface area contributed by atoms with Crippen LogP contribution in [0.25, 0.3) is 0 Å². The van der Waals surface area contributed by atoms with Gasteiger partial charge >= 0.3 is 0 Å². The first kappa shape index (κ1) is 13.0. The highest BCUT2D eigenvalue weighted by atomic mass is 14.0. The van der Waals surface area contributed by atoms with Gasteiger partial charge in [-0.15, -0.1) is 0 Å². The monoisotopic (exact) mass is 181 g/mol. The second-order valence-corrected chi connectivity index (χ2v) is 4.24. The predicted molar refractivity (Wildman–Crippen MR) is 59.7 cm³/mol. The second kappa shape index (κ2) is 10.1. The number of rotatable bonds is 0. The minimum atomic E-state index is 0. The maximum atomic E-state index is 1.50. The summed E-state index contributed by atoms with van der Waals surface area (Å²) in [5.41, 5.74) is 0. The van der Waals surface area contributed by atoms with Crippen LogP contribution in [0.5, 0.6) is 0 Å². The van der Waals surface area contributed by atoms with Gasteiger partial charge in [0.25, 0.3) is 0 Å². The van der Waals surface area contributed by atoms with E-state index in [-0.39, 0.29) is 7.43 Å². The molecule has 0 nitrogen and oxygen atoms in total. The first-order chi connectivity index (χ1) is 6.00. The van der Waals surface area contributed by atoms with Gasteiger partial charge in [0.05, 0.1) is 0 Å². The Hall–Kier alpha value is 0. The van der Waals surface area contributed by atoms with Crippen molar-refractivity contribution in [2.24, 2.45) is 0 Å². The fraction of sp³-hybridized carbons (Fsp3) is 0.923. The quantitative estimate of drug-likeness (QED) is 0.499. The van der Waals surface area contributed by atoms with E-state index in [0.29, 0.717) is 0 Å². The molecule has 0 bridgehead atoms. The largest absolute Gasteiger partial charge is 0.0533 e. The van der Waals surface area contributed by atoms with Crippen LogP contribution in [-0.2, 0) is 0 Å². The zero-order valence-corrected chi connectivity index (χ0v) is 9.06. The molecule has 0 aliphatic heterocycles. The van der Waals surface area contributed by atoms with Crippen molar-refractivity contribution in [3.05, 3.63) is 7.43 Å². The van der Waals surface area contributed by atoms with E-state index < -0.39 is 0 Å². The molecule has 0 heteroatoms. The molecule has 0 unspecified atom stereocenters. The van der Waals surface area contributed by atoms with Crippen LogP contribution in [-0.4, -0.2) is 0 Å². The molecule has 1 saturated carbocycles. The molecule has 0 aromatic heterocycles. The zero-order valence-electron chi connectivity index (χ0n) is 9.06. The Balaban J connectivity index is 0.00000144. The molecular weight excluding hydrogens is 156 g/mol. The van der Waals surface area contributed by atoms with Gasteiger partial charge < -0.3 is 0 Å². The van der Waals surface area contributed by atoms with Crippen LogP contribution >= 0.6 is 0 Å². The van der Waals surface area contributed by atoms with Gasteiger partial charge in [0, 0.05) is 0 Å². The summed E-state index contributed by atoms with van der Waals surface area (Å²) in [4.78, 5) is 0. The zero-order chi connectivity index (χ0) is 8.49. The van der Waals surface area contributed by atoms with Gasteiger partial charge in [0.1, 0.15) is 0 Å². The van der Waals surface area contributed by atoms with E-state index in [9.17, 15) is 0 Å². The molecule has 0 spiro atoms. The summed E-state index contributed by atoms with van der Waals surface area (Å²) in [5.74, 6) is 0. The lowest BCUT2D eigenvalue weighted by molar-refractivity contribution is 0.504. The van der Waals surface area contributed by atoms with E-state index in [1.54, 1.807) is 0 Å². The van der Waals surface area contributed by atoms with Crippen LogP contribution in [0.15, 0.2) is 0 Å². The fourth-order valence-corrected chi connectivity index (χ4v) is 2.12. The second-order valence-electron chi connectivity index (χ2n) is 4.24. The average molecular weight is 181 g/mol. The van der Waals surface area contributed by atoms with Crippen LogP contribution in [0.1, 0.15) is 77.0 Å². The van der Waals surface area contributed by atoms with Gasteiger partial charge in [0.2, 0.25) is 0 Å². The highest BCUT2D eigenvalue weighted by Gasteiger charge is 1.96. The lowest BCUT2D eigenvalue weighted by atomic mass is 10.0. The van der Waals surface area contributed by atoms with E-state index in [4.69, 9.17) is 0 Å². The predicted octanol–water partition coefficient (Wildman–Crippen LogP) is 4.89. The highest BCUT2D eigenvalue weighted by Crippen LogP contribution is 2.15. The summed E-state index contributed by atoms with van der Waals surface area (Å²) in [6.45, 7) is 0. The van der Waals surface area contributed by atoms with Gasteiger partial charge in [0.15, 0.2) is 0 Å². The topological polar surface area (TPSA) is 0 Å². The highest BCUT2D eigenvalue weighted by molar-refractivity contribution is 4.51. The molecule has 77 valence electrons. The molecule has 1 fully saturated rings. The molecule has 13 heavy (non-hydrogen) atoms. The minimum absolute atomic E-state index is 0. The Morgan fingerprint density at radius 2 is 0.308 bits per heavy atom. The van der Waals surface area contributed by atoms with Crippen molar-refractivity contribution in [2.75, 3.05) is 0 Å². The van der Waals surface area contributed by atoms with Gasteiger partial charge in [-0.25, -0.2) is 0 Å². The van der Waals surface area contributed by atoms with Crippen molar-refractivity contribution in [2.45, 2.75) is 77.0 Å². The summed E-state index contributed by atoms with van der Waals surface area (Å²) < 4.78 is 0. The normalized spacial score (nSPS) is 22.2. The van der Waals surface area contributed by atoms with Gasteiger partial charge in [-0.1, -0.05) is 77.0 Å². The summed E-state index contributed by atoms with van der Waals surface area (Å²) in [6.07, 6.45) is 18.0. The molecule has 0 saturated heterocycles. The molecule has 0 aromatic carbocycles. The van der Waals surface area contributed by atoms with Crippen molar-refractivity contribution in [3.63, 3.8) is 0 Å². The summed E-state index contributed by atoms with van der Waals surface area (Å²) in [5, 5.41) is 0. The Morgan fingerprint density at radius 1 is 0.231 bits per heavy atom. The molecule has 3 radical (unpaired) electrons. The fourth-order valence-electron chi connectivity index (χ4n) is 2.12. The number of hydrogen-bond donors (Lipinski definition) is 0. The van der Waals surface area contributed by atoms with Crippen LogP contribution in [0.3, 0.4) is 0 Å². The molecule has 0 amide bonds. The molecule has 0 atom stereocenters. The van der Waals surface area contributed by atoms with E-state index in [0.717, 1.165) is 0 Å². The third-order valence-electron chi connectivity index (χ3n) is 3.00. The van der Waals surface area contributed by atoms with E-state index in [1.807, 2.05) is 0 Å². The van der Waals surface area contributed by atoms with Crippen molar-refractivity contribution < 1.29 is 0 Å². The third kappa shape index (κ3) is 8.33. The van der Waals surface area contributed by atoms with Crippen molar-refractivity contribution >= 4 is 0 Å². The van der Waals surface area contributed by atoms with Crippen molar-refractivity contribution in [1.29, 1.82) is 0 Å². The smallest absolute Gasteiger partial charge is 0.0312 e. The number of hydrogen-bond acceptors (Lipinski definition) is 0. The van der Waals surface area contributed by atoms with Crippen LogP contribution in [0, 0.1) is 7.43 Å². The van der Waals surface area contributed by atoms with Crippen LogP contribution in [0.4, 0.5) is 0 Å². The Labute approximate surface area is 85.1 Å². The molecule has 0 N–H and O–H groups in total. The third-order valence-corrected chi connectivity index (χ3v) is 3.00. The summed E-state index contributed by atoms with van der Waals surface area (Å²) in [6, 6.07) is 0. The first-order valence-electron chi connectivity index (χ1n) is 6.00.